The summed E-state index contributed by atoms with van der Waals surface area (Å²) < 4.78 is 5.75. The Kier molecular flexibility index (Phi) is 3.82. The minimum Gasteiger partial charge on any atom is -0.547 e. The van der Waals surface area contributed by atoms with Gasteiger partial charge in [-0.05, 0) is 19.2 Å². The molecule has 0 radical (unpaired) electrons. The average Bonchev–Trinajstić information content (AvgIpc) is 2.04. The van der Waals surface area contributed by atoms with Gasteiger partial charge >= 0.3 is 0 Å². The third kappa shape index (κ3) is 2.64. The highest BCUT2D eigenvalue weighted by Gasteiger charge is 2.02. The van der Waals surface area contributed by atoms with E-state index in [1.807, 2.05) is 18.2 Å². The SMILES string of the molecule is C[SiH](C)Oc1ccccc1CBr. The van der Waals surface area contributed by atoms with Gasteiger partial charge in [-0.2, -0.15) is 0 Å². The number of alkyl halides is 1. The normalized spacial score (nSPS) is 10.3. The number of hydrogen-bond acceptors (Lipinski definition) is 1. The van der Waals surface area contributed by atoms with E-state index in [2.05, 4.69) is 35.1 Å². The molecule has 1 aromatic rings. The predicted octanol–water partition coefficient (Wildman–Crippen LogP) is 2.94. The zero-order valence-corrected chi connectivity index (χ0v) is 10.1. The van der Waals surface area contributed by atoms with Gasteiger partial charge in [-0.3, -0.25) is 0 Å². The van der Waals surface area contributed by atoms with Crippen molar-refractivity contribution in [3.05, 3.63) is 29.8 Å². The molecular weight excluding hydrogens is 232 g/mol. The lowest BCUT2D eigenvalue weighted by atomic mass is 10.2. The summed E-state index contributed by atoms with van der Waals surface area (Å²) in [5, 5.41) is 0.865. The maximum absolute atomic E-state index is 5.75. The minimum absolute atomic E-state index is 0.865. The molecule has 0 bridgehead atoms. The summed E-state index contributed by atoms with van der Waals surface area (Å²) in [6, 6.07) is 8.16. The lowest BCUT2D eigenvalue weighted by molar-refractivity contribution is 0.575. The Hall–Kier alpha value is -0.283. The van der Waals surface area contributed by atoms with Crippen molar-refractivity contribution in [2.45, 2.75) is 18.4 Å². The summed E-state index contributed by atoms with van der Waals surface area (Å²) >= 11 is 3.43. The Balaban J connectivity index is 2.82. The molecule has 3 heteroatoms. The largest absolute Gasteiger partial charge is 0.547 e. The quantitative estimate of drug-likeness (QED) is 0.587. The summed E-state index contributed by atoms with van der Waals surface area (Å²) in [6.07, 6.45) is 0. The first kappa shape index (κ1) is 9.80. The monoisotopic (exact) mass is 244 g/mol. The Bertz CT molecular complexity index is 250. The predicted molar refractivity (Wildman–Crippen MR) is 58.6 cm³/mol. The zero-order valence-electron chi connectivity index (χ0n) is 7.38. The molecule has 0 aliphatic rings. The first-order valence-corrected chi connectivity index (χ1v) is 7.94. The molecule has 0 amide bonds. The van der Waals surface area contributed by atoms with Gasteiger partial charge in [0, 0.05) is 10.9 Å². The van der Waals surface area contributed by atoms with E-state index >= 15 is 0 Å². The molecular formula is C9H13BrOSi. The molecule has 1 nitrogen and oxygen atoms in total. The first-order chi connectivity index (χ1) is 5.74. The van der Waals surface area contributed by atoms with Crippen LogP contribution < -0.4 is 4.43 Å². The summed E-state index contributed by atoms with van der Waals surface area (Å²) in [6.45, 7) is 4.34. The van der Waals surface area contributed by atoms with Crippen LogP contribution in [0.25, 0.3) is 0 Å². The van der Waals surface area contributed by atoms with Crippen molar-refractivity contribution in [2.75, 3.05) is 0 Å². The molecule has 0 fully saturated rings. The van der Waals surface area contributed by atoms with Crippen LogP contribution in [0.2, 0.25) is 13.1 Å². The second-order valence-electron chi connectivity index (χ2n) is 2.91. The van der Waals surface area contributed by atoms with Crippen molar-refractivity contribution < 1.29 is 4.43 Å². The molecule has 0 unspecified atom stereocenters. The van der Waals surface area contributed by atoms with Gasteiger partial charge in [-0.25, -0.2) is 0 Å². The van der Waals surface area contributed by atoms with Gasteiger partial charge in [-0.15, -0.1) is 0 Å². The fourth-order valence-corrected chi connectivity index (χ4v) is 2.18. The van der Waals surface area contributed by atoms with Crippen molar-refractivity contribution >= 4 is 25.0 Å². The van der Waals surface area contributed by atoms with E-state index in [0.717, 1.165) is 11.1 Å². The van der Waals surface area contributed by atoms with Gasteiger partial charge in [0.05, 0.1) is 0 Å². The van der Waals surface area contributed by atoms with E-state index in [1.165, 1.54) is 5.56 Å². The Labute approximate surface area is 83.6 Å². The van der Waals surface area contributed by atoms with Crippen molar-refractivity contribution in [2.24, 2.45) is 0 Å². The van der Waals surface area contributed by atoms with E-state index in [1.54, 1.807) is 0 Å². The fraction of sp³-hybridized carbons (Fsp3) is 0.333. The number of hydrogen-bond donors (Lipinski definition) is 0. The third-order valence-electron chi connectivity index (χ3n) is 1.48. The molecule has 0 N–H and O–H groups in total. The van der Waals surface area contributed by atoms with Gasteiger partial charge in [0.15, 0.2) is 0 Å². The van der Waals surface area contributed by atoms with Crippen LogP contribution in [-0.4, -0.2) is 9.04 Å². The molecule has 0 spiro atoms. The second kappa shape index (κ2) is 4.67. The lowest BCUT2D eigenvalue weighted by Gasteiger charge is -2.12. The molecule has 66 valence electrons. The van der Waals surface area contributed by atoms with Crippen LogP contribution >= 0.6 is 15.9 Å². The number of benzene rings is 1. The van der Waals surface area contributed by atoms with Crippen LogP contribution in [0.5, 0.6) is 5.75 Å². The minimum atomic E-state index is -0.960. The summed E-state index contributed by atoms with van der Waals surface area (Å²) in [5.74, 6) is 1.04. The molecule has 0 heterocycles. The topological polar surface area (TPSA) is 9.23 Å². The van der Waals surface area contributed by atoms with Crippen molar-refractivity contribution in [1.82, 2.24) is 0 Å². The van der Waals surface area contributed by atoms with E-state index in [-0.39, 0.29) is 0 Å². The van der Waals surface area contributed by atoms with Crippen molar-refractivity contribution in [1.29, 1.82) is 0 Å². The van der Waals surface area contributed by atoms with E-state index in [9.17, 15) is 0 Å². The highest BCUT2D eigenvalue weighted by atomic mass is 79.9. The molecule has 1 aromatic carbocycles. The maximum Gasteiger partial charge on any atom is 0.229 e. The van der Waals surface area contributed by atoms with Crippen LogP contribution in [-0.2, 0) is 5.33 Å². The van der Waals surface area contributed by atoms with E-state index < -0.39 is 9.04 Å². The fourth-order valence-electron chi connectivity index (χ4n) is 0.983. The third-order valence-corrected chi connectivity index (χ3v) is 2.81. The smallest absolute Gasteiger partial charge is 0.229 e. The Morgan fingerprint density at radius 2 is 2.00 bits per heavy atom. The molecule has 0 aliphatic carbocycles. The van der Waals surface area contributed by atoms with E-state index in [0.29, 0.717) is 0 Å². The molecule has 0 saturated carbocycles. The number of halogens is 1. The molecule has 0 atom stereocenters. The zero-order chi connectivity index (χ0) is 8.97. The van der Waals surface area contributed by atoms with Gasteiger partial charge in [0.25, 0.3) is 0 Å². The molecule has 0 saturated heterocycles. The standard InChI is InChI=1S/C9H13BrOSi/c1-12(2)11-9-6-4-3-5-8(9)7-10/h3-6,12H,7H2,1-2H3. The lowest BCUT2D eigenvalue weighted by Crippen LogP contribution is -2.12. The first-order valence-electron chi connectivity index (χ1n) is 4.04. The maximum atomic E-state index is 5.75. The van der Waals surface area contributed by atoms with Crippen LogP contribution in [0, 0.1) is 0 Å². The number of para-hydroxylation sites is 1. The van der Waals surface area contributed by atoms with Gasteiger partial charge in [0.2, 0.25) is 9.04 Å². The summed E-state index contributed by atoms with van der Waals surface area (Å²) in [5.41, 5.74) is 1.23. The van der Waals surface area contributed by atoms with E-state index in [4.69, 9.17) is 4.43 Å². The highest BCUT2D eigenvalue weighted by molar-refractivity contribution is 9.08. The summed E-state index contributed by atoms with van der Waals surface area (Å²) in [4.78, 5) is 0. The van der Waals surface area contributed by atoms with Crippen LogP contribution in [0.1, 0.15) is 5.56 Å². The number of rotatable bonds is 3. The summed E-state index contributed by atoms with van der Waals surface area (Å²) in [7, 11) is -0.960. The Morgan fingerprint density at radius 1 is 1.33 bits per heavy atom. The van der Waals surface area contributed by atoms with Gasteiger partial charge in [0.1, 0.15) is 5.75 Å². The Morgan fingerprint density at radius 3 is 2.58 bits per heavy atom. The van der Waals surface area contributed by atoms with Crippen molar-refractivity contribution in [3.8, 4) is 5.75 Å². The van der Waals surface area contributed by atoms with Crippen molar-refractivity contribution in [3.63, 3.8) is 0 Å². The molecule has 1 rings (SSSR count). The second-order valence-corrected chi connectivity index (χ2v) is 5.80. The average molecular weight is 245 g/mol. The van der Waals surface area contributed by atoms with Crippen LogP contribution in [0.4, 0.5) is 0 Å². The van der Waals surface area contributed by atoms with Crippen LogP contribution in [0.3, 0.4) is 0 Å². The van der Waals surface area contributed by atoms with Gasteiger partial charge in [-0.1, -0.05) is 34.1 Å². The van der Waals surface area contributed by atoms with Gasteiger partial charge < -0.3 is 4.43 Å². The molecule has 0 aromatic heterocycles. The van der Waals surface area contributed by atoms with Crippen LogP contribution in [0.15, 0.2) is 24.3 Å². The molecule has 0 aliphatic heterocycles. The molecule has 12 heavy (non-hydrogen) atoms. The highest BCUT2D eigenvalue weighted by Crippen LogP contribution is 2.20.